The largest absolute Gasteiger partial charge is 0.492 e. The zero-order valence-electron chi connectivity index (χ0n) is 20.1. The standard InChI is InChI=1S/C22H27Cl2N3O3.C2HF3O2/c1-2-28-14-15-29-13-11-27-20-7-4-3-6-19(20)26(22(27)25)10-5-12-30-21-9-8-17(23)16-18(21)24;3-2(4,5)1(6)7/h3-4,6-9,16,25H,2,5,10-15H2,1H3;(H,6,7). The van der Waals surface area contributed by atoms with Crippen molar-refractivity contribution >= 4 is 40.2 Å². The molecule has 204 valence electrons. The smallest absolute Gasteiger partial charge is 0.490 e. The fraction of sp³-hybridized carbons (Fsp3) is 0.417. The van der Waals surface area contributed by atoms with Crippen LogP contribution in [0, 0.1) is 5.41 Å². The van der Waals surface area contributed by atoms with E-state index in [9.17, 15) is 13.2 Å². The highest BCUT2D eigenvalue weighted by Crippen LogP contribution is 2.27. The van der Waals surface area contributed by atoms with Crippen LogP contribution in [0.15, 0.2) is 42.5 Å². The second-order valence-electron chi connectivity index (χ2n) is 7.50. The number of hydrogen-bond donors (Lipinski definition) is 2. The van der Waals surface area contributed by atoms with Crippen molar-refractivity contribution in [3.8, 4) is 5.75 Å². The Morgan fingerprint density at radius 1 is 0.973 bits per heavy atom. The number of alkyl halides is 3. The number of para-hydroxylation sites is 2. The van der Waals surface area contributed by atoms with Crippen LogP contribution in [0.4, 0.5) is 13.2 Å². The molecule has 0 saturated heterocycles. The molecule has 0 aliphatic rings. The number of hydrogen-bond acceptors (Lipinski definition) is 5. The Morgan fingerprint density at radius 3 is 2.14 bits per heavy atom. The molecule has 1 heterocycles. The number of rotatable bonds is 12. The lowest BCUT2D eigenvalue weighted by molar-refractivity contribution is -0.192. The highest BCUT2D eigenvalue weighted by Gasteiger charge is 2.38. The van der Waals surface area contributed by atoms with Crippen molar-refractivity contribution in [3.63, 3.8) is 0 Å². The van der Waals surface area contributed by atoms with Crippen LogP contribution in [0.3, 0.4) is 0 Å². The molecule has 0 saturated carbocycles. The average Bonchev–Trinajstić information content (AvgIpc) is 3.10. The minimum Gasteiger partial charge on any atom is -0.492 e. The molecule has 3 rings (SSSR count). The summed E-state index contributed by atoms with van der Waals surface area (Å²) in [6, 6.07) is 13.2. The van der Waals surface area contributed by atoms with E-state index >= 15 is 0 Å². The Labute approximate surface area is 221 Å². The number of ether oxygens (including phenoxy) is 3. The minimum absolute atomic E-state index is 0.453. The summed E-state index contributed by atoms with van der Waals surface area (Å²) in [4.78, 5) is 8.90. The van der Waals surface area contributed by atoms with Gasteiger partial charge in [-0.1, -0.05) is 35.3 Å². The normalized spacial score (nSPS) is 11.3. The predicted molar refractivity (Wildman–Crippen MR) is 133 cm³/mol. The van der Waals surface area contributed by atoms with Crippen molar-refractivity contribution in [1.29, 1.82) is 5.41 Å². The second-order valence-corrected chi connectivity index (χ2v) is 8.35. The molecule has 0 atom stereocenters. The summed E-state index contributed by atoms with van der Waals surface area (Å²) in [6.07, 6.45) is -4.34. The van der Waals surface area contributed by atoms with Crippen LogP contribution in [0.2, 0.25) is 10.0 Å². The van der Waals surface area contributed by atoms with Gasteiger partial charge in [0.15, 0.2) is 0 Å². The molecule has 0 amide bonds. The molecule has 2 N–H and O–H groups in total. The van der Waals surface area contributed by atoms with E-state index in [1.165, 1.54) is 0 Å². The maximum absolute atomic E-state index is 10.6. The Balaban J connectivity index is 0.000000604. The lowest BCUT2D eigenvalue weighted by Crippen LogP contribution is -2.27. The van der Waals surface area contributed by atoms with Gasteiger partial charge in [-0.15, -0.1) is 0 Å². The van der Waals surface area contributed by atoms with Gasteiger partial charge in [-0.2, -0.15) is 13.2 Å². The van der Waals surface area contributed by atoms with Crippen LogP contribution < -0.4 is 10.4 Å². The molecule has 13 heteroatoms. The van der Waals surface area contributed by atoms with E-state index < -0.39 is 12.1 Å². The van der Waals surface area contributed by atoms with Gasteiger partial charge in [0.05, 0.1) is 42.5 Å². The van der Waals surface area contributed by atoms with Gasteiger partial charge >= 0.3 is 12.1 Å². The second kappa shape index (κ2) is 14.9. The molecule has 0 radical (unpaired) electrons. The predicted octanol–water partition coefficient (Wildman–Crippen LogP) is 5.38. The number of aliphatic carboxylic acids is 1. The number of fused-ring (bicyclic) bond motifs is 1. The third kappa shape index (κ3) is 9.58. The maximum atomic E-state index is 10.6. The maximum Gasteiger partial charge on any atom is 0.490 e. The van der Waals surface area contributed by atoms with Crippen molar-refractivity contribution in [3.05, 3.63) is 58.1 Å². The number of aryl methyl sites for hydroxylation is 1. The molecule has 0 unspecified atom stereocenters. The topological polar surface area (TPSA) is 98.7 Å². The zero-order chi connectivity index (χ0) is 27.4. The van der Waals surface area contributed by atoms with E-state index in [0.717, 1.165) is 17.5 Å². The third-order valence-electron chi connectivity index (χ3n) is 4.93. The first-order valence-corrected chi connectivity index (χ1v) is 12.1. The molecule has 3 aromatic rings. The van der Waals surface area contributed by atoms with E-state index in [1.54, 1.807) is 18.2 Å². The highest BCUT2D eigenvalue weighted by molar-refractivity contribution is 6.35. The Hall–Kier alpha value is -2.73. The van der Waals surface area contributed by atoms with Crippen LogP contribution in [-0.4, -0.2) is 59.4 Å². The zero-order valence-corrected chi connectivity index (χ0v) is 21.6. The molecule has 8 nitrogen and oxygen atoms in total. The van der Waals surface area contributed by atoms with Crippen LogP contribution in [0.1, 0.15) is 13.3 Å². The van der Waals surface area contributed by atoms with E-state index in [-0.39, 0.29) is 0 Å². The first-order chi connectivity index (χ1) is 17.6. The summed E-state index contributed by atoms with van der Waals surface area (Å²) >= 11 is 12.1. The van der Waals surface area contributed by atoms with Crippen LogP contribution in [-0.2, 0) is 27.4 Å². The lowest BCUT2D eigenvalue weighted by Gasteiger charge is -2.09. The number of halogens is 5. The van der Waals surface area contributed by atoms with Crippen LogP contribution in [0.5, 0.6) is 5.75 Å². The van der Waals surface area contributed by atoms with Gasteiger partial charge in [-0.05, 0) is 43.7 Å². The number of aromatic nitrogens is 2. The fourth-order valence-electron chi connectivity index (χ4n) is 3.26. The fourth-order valence-corrected chi connectivity index (χ4v) is 3.73. The molecule has 0 fully saturated rings. The quantitative estimate of drug-likeness (QED) is 0.287. The number of imidazole rings is 1. The summed E-state index contributed by atoms with van der Waals surface area (Å²) in [7, 11) is 0. The molecule has 0 spiro atoms. The van der Waals surface area contributed by atoms with Crippen molar-refractivity contribution in [2.75, 3.05) is 33.0 Å². The van der Waals surface area contributed by atoms with Gasteiger partial charge in [-0.25, -0.2) is 4.79 Å². The summed E-state index contributed by atoms with van der Waals surface area (Å²) in [5, 5.41) is 16.9. The number of benzene rings is 2. The van der Waals surface area contributed by atoms with Gasteiger partial charge in [0.25, 0.3) is 0 Å². The van der Waals surface area contributed by atoms with Gasteiger partial charge < -0.3 is 28.5 Å². The Morgan fingerprint density at radius 2 is 1.57 bits per heavy atom. The van der Waals surface area contributed by atoms with E-state index in [0.29, 0.717) is 67.5 Å². The molecule has 0 aliphatic carbocycles. The van der Waals surface area contributed by atoms with Gasteiger partial charge in [-0.3, -0.25) is 5.41 Å². The third-order valence-corrected chi connectivity index (χ3v) is 5.46. The Bertz CT molecular complexity index is 1210. The lowest BCUT2D eigenvalue weighted by atomic mass is 10.3. The average molecular weight is 566 g/mol. The highest BCUT2D eigenvalue weighted by atomic mass is 35.5. The molecular formula is C24H28Cl2F3N3O5. The first kappa shape index (κ1) is 30.5. The molecule has 37 heavy (non-hydrogen) atoms. The van der Waals surface area contributed by atoms with Gasteiger partial charge in [0.1, 0.15) is 5.75 Å². The number of carbonyl (C=O) groups is 1. The van der Waals surface area contributed by atoms with Crippen LogP contribution >= 0.6 is 23.2 Å². The summed E-state index contributed by atoms with van der Waals surface area (Å²) in [5.41, 5.74) is 2.51. The number of carboxylic acids is 1. The van der Waals surface area contributed by atoms with Crippen molar-refractivity contribution < 1.29 is 37.3 Å². The van der Waals surface area contributed by atoms with Crippen LogP contribution in [0.25, 0.3) is 11.0 Å². The molecule has 0 bridgehead atoms. The molecule has 0 aliphatic heterocycles. The van der Waals surface area contributed by atoms with E-state index in [1.807, 2.05) is 40.3 Å². The molecular weight excluding hydrogens is 538 g/mol. The molecule has 1 aromatic heterocycles. The monoisotopic (exact) mass is 565 g/mol. The summed E-state index contributed by atoms with van der Waals surface area (Å²) < 4.78 is 52.4. The van der Waals surface area contributed by atoms with Crippen molar-refractivity contribution in [2.24, 2.45) is 0 Å². The van der Waals surface area contributed by atoms with Crippen molar-refractivity contribution in [1.82, 2.24) is 9.13 Å². The Kier molecular flexibility index (Phi) is 12.3. The number of carboxylic acid groups (broad SMARTS) is 1. The minimum atomic E-state index is -5.08. The van der Waals surface area contributed by atoms with E-state index in [2.05, 4.69) is 0 Å². The summed E-state index contributed by atoms with van der Waals surface area (Å²) in [6.45, 7) is 6.13. The number of nitrogens with zero attached hydrogens (tertiary/aromatic N) is 2. The van der Waals surface area contributed by atoms with E-state index in [4.69, 9.17) is 52.7 Å². The summed E-state index contributed by atoms with van der Waals surface area (Å²) in [5.74, 6) is -2.14. The van der Waals surface area contributed by atoms with Gasteiger partial charge in [0.2, 0.25) is 5.62 Å². The van der Waals surface area contributed by atoms with Gasteiger partial charge in [0, 0.05) is 24.7 Å². The SMILES string of the molecule is CCOCCOCCn1c(=N)n(CCCOc2ccc(Cl)cc2Cl)c2ccccc21.O=C(O)C(F)(F)F. The first-order valence-electron chi connectivity index (χ1n) is 11.3. The van der Waals surface area contributed by atoms with Crippen molar-refractivity contribution in [2.45, 2.75) is 32.6 Å². The number of nitrogens with one attached hydrogen (secondary N) is 1. The molecule has 2 aromatic carbocycles.